The van der Waals surface area contributed by atoms with Gasteiger partial charge < -0.3 is 4.74 Å². The van der Waals surface area contributed by atoms with Gasteiger partial charge in [0.1, 0.15) is 21.7 Å². The average molecular weight is 272 g/mol. The molecule has 0 aliphatic carbocycles. The van der Waals surface area contributed by atoms with Crippen LogP contribution in [0.4, 0.5) is 0 Å². The number of benzene rings is 1. The summed E-state index contributed by atoms with van der Waals surface area (Å²) >= 11 is 1.46. The monoisotopic (exact) mass is 272 g/mol. The van der Waals surface area contributed by atoms with Gasteiger partial charge in [0.25, 0.3) is 0 Å². The van der Waals surface area contributed by atoms with Crippen LogP contribution in [0.1, 0.15) is 30.8 Å². The summed E-state index contributed by atoms with van der Waals surface area (Å²) in [4.78, 5) is 5.30. The number of hydrogen-bond donors (Lipinski definition) is 0. The second-order valence-electron chi connectivity index (χ2n) is 4.11. The molecule has 4 heteroatoms. The predicted octanol–water partition coefficient (Wildman–Crippen LogP) is 4.03. The number of nitriles is 1. The number of rotatable bonds is 5. The Hall–Kier alpha value is -1.86. The van der Waals surface area contributed by atoms with E-state index in [1.165, 1.54) is 11.3 Å². The molecule has 0 radical (unpaired) electrons. The van der Waals surface area contributed by atoms with Gasteiger partial charge in [-0.1, -0.05) is 13.3 Å². The molecule has 19 heavy (non-hydrogen) atoms. The topological polar surface area (TPSA) is 45.9 Å². The summed E-state index contributed by atoms with van der Waals surface area (Å²) in [5.74, 6) is 0.858. The predicted molar refractivity (Wildman–Crippen MR) is 77.4 cm³/mol. The molecule has 0 unspecified atom stereocenters. The lowest BCUT2D eigenvalue weighted by Gasteiger charge is -2.02. The summed E-state index contributed by atoms with van der Waals surface area (Å²) in [6, 6.07) is 10.1. The summed E-state index contributed by atoms with van der Waals surface area (Å²) in [5, 5.41) is 10.0. The van der Waals surface area contributed by atoms with Crippen molar-refractivity contribution < 1.29 is 4.74 Å². The lowest BCUT2D eigenvalue weighted by atomic mass is 10.2. The fourth-order valence-corrected chi connectivity index (χ4v) is 2.74. The Labute approximate surface area is 117 Å². The van der Waals surface area contributed by atoms with Gasteiger partial charge >= 0.3 is 0 Å². The molecular weight excluding hydrogens is 256 g/mol. The molecule has 0 fully saturated rings. The molecule has 2 rings (SSSR count). The normalized spacial score (nSPS) is 10.2. The summed E-state index contributed by atoms with van der Waals surface area (Å²) in [5.41, 5.74) is 1.95. The fraction of sp³-hybridized carbons (Fsp3) is 0.333. The minimum atomic E-state index is 0.663. The van der Waals surface area contributed by atoms with E-state index in [1.807, 2.05) is 31.2 Å². The third kappa shape index (κ3) is 3.12. The first-order chi connectivity index (χ1) is 9.28. The Balaban J connectivity index is 2.28. The molecule has 1 aromatic carbocycles. The second kappa shape index (κ2) is 6.35. The van der Waals surface area contributed by atoms with Gasteiger partial charge in [-0.05, 0) is 37.6 Å². The van der Waals surface area contributed by atoms with E-state index < -0.39 is 0 Å². The molecule has 0 atom stereocenters. The van der Waals surface area contributed by atoms with Gasteiger partial charge in [0.15, 0.2) is 0 Å². The van der Waals surface area contributed by atoms with Crippen LogP contribution in [0, 0.1) is 11.3 Å². The zero-order valence-corrected chi connectivity index (χ0v) is 12.0. The van der Waals surface area contributed by atoms with Crippen LogP contribution in [0.5, 0.6) is 5.75 Å². The minimum absolute atomic E-state index is 0.663. The standard InChI is InChI=1S/C15H16N2OS/c1-3-5-13-14(10-16)19-15(17-13)11-6-8-12(9-7-11)18-4-2/h6-9H,3-5H2,1-2H3. The van der Waals surface area contributed by atoms with Crippen LogP contribution >= 0.6 is 11.3 Å². The zero-order valence-electron chi connectivity index (χ0n) is 11.1. The lowest BCUT2D eigenvalue weighted by Crippen LogP contribution is -1.90. The van der Waals surface area contributed by atoms with Gasteiger partial charge in [-0.15, -0.1) is 11.3 Å². The maximum Gasteiger partial charge on any atom is 0.128 e. The van der Waals surface area contributed by atoms with Gasteiger partial charge in [0.05, 0.1) is 12.3 Å². The number of hydrogen-bond acceptors (Lipinski definition) is 4. The van der Waals surface area contributed by atoms with Crippen LogP contribution in [-0.2, 0) is 6.42 Å². The Morgan fingerprint density at radius 1 is 1.26 bits per heavy atom. The minimum Gasteiger partial charge on any atom is -0.494 e. The zero-order chi connectivity index (χ0) is 13.7. The van der Waals surface area contributed by atoms with Crippen molar-refractivity contribution in [3.63, 3.8) is 0 Å². The highest BCUT2D eigenvalue weighted by Crippen LogP contribution is 2.29. The van der Waals surface area contributed by atoms with E-state index in [0.717, 1.165) is 39.7 Å². The number of ether oxygens (including phenoxy) is 1. The van der Waals surface area contributed by atoms with Crippen LogP contribution in [0.15, 0.2) is 24.3 Å². The molecule has 0 aliphatic rings. The average Bonchev–Trinajstić information content (AvgIpc) is 2.84. The van der Waals surface area contributed by atoms with Crippen molar-refractivity contribution in [2.45, 2.75) is 26.7 Å². The van der Waals surface area contributed by atoms with Crippen molar-refractivity contribution in [1.82, 2.24) is 4.98 Å². The Bertz CT molecular complexity index is 581. The van der Waals surface area contributed by atoms with E-state index in [-0.39, 0.29) is 0 Å². The van der Waals surface area contributed by atoms with Crippen molar-refractivity contribution >= 4 is 11.3 Å². The molecule has 0 bridgehead atoms. The largest absolute Gasteiger partial charge is 0.494 e. The lowest BCUT2D eigenvalue weighted by molar-refractivity contribution is 0.340. The highest BCUT2D eigenvalue weighted by molar-refractivity contribution is 7.15. The molecule has 1 aromatic heterocycles. The summed E-state index contributed by atoms with van der Waals surface area (Å²) in [6.45, 7) is 4.72. The fourth-order valence-electron chi connectivity index (χ4n) is 1.83. The maximum atomic E-state index is 9.12. The third-order valence-electron chi connectivity index (χ3n) is 2.70. The molecule has 98 valence electrons. The number of aromatic nitrogens is 1. The highest BCUT2D eigenvalue weighted by Gasteiger charge is 2.11. The van der Waals surface area contributed by atoms with Gasteiger partial charge in [0.2, 0.25) is 0 Å². The van der Waals surface area contributed by atoms with Gasteiger partial charge in [-0.25, -0.2) is 4.98 Å². The summed E-state index contributed by atoms with van der Waals surface area (Å²) < 4.78 is 5.42. The van der Waals surface area contributed by atoms with Crippen molar-refractivity contribution in [2.24, 2.45) is 0 Å². The third-order valence-corrected chi connectivity index (χ3v) is 3.75. The summed E-state index contributed by atoms with van der Waals surface area (Å²) in [6.07, 6.45) is 1.86. The molecule has 0 N–H and O–H groups in total. The first-order valence-electron chi connectivity index (χ1n) is 6.41. The van der Waals surface area contributed by atoms with Gasteiger partial charge in [-0.3, -0.25) is 0 Å². The van der Waals surface area contributed by atoms with E-state index in [1.54, 1.807) is 0 Å². The van der Waals surface area contributed by atoms with Crippen molar-refractivity contribution in [3.8, 4) is 22.4 Å². The molecule has 0 saturated heterocycles. The van der Waals surface area contributed by atoms with Crippen LogP contribution in [0.25, 0.3) is 10.6 Å². The molecule has 0 saturated carbocycles. The molecular formula is C15H16N2OS. The van der Waals surface area contributed by atoms with Crippen molar-refractivity contribution in [2.75, 3.05) is 6.61 Å². The van der Waals surface area contributed by atoms with Crippen molar-refractivity contribution in [1.29, 1.82) is 5.26 Å². The van der Waals surface area contributed by atoms with Crippen molar-refractivity contribution in [3.05, 3.63) is 34.8 Å². The molecule has 2 aromatic rings. The molecule has 0 aliphatic heterocycles. The number of aryl methyl sites for hydroxylation is 1. The maximum absolute atomic E-state index is 9.12. The summed E-state index contributed by atoms with van der Waals surface area (Å²) in [7, 11) is 0. The van der Waals surface area contributed by atoms with E-state index in [4.69, 9.17) is 10.00 Å². The first kappa shape index (κ1) is 13.6. The number of thiazole rings is 1. The first-order valence-corrected chi connectivity index (χ1v) is 7.23. The smallest absolute Gasteiger partial charge is 0.128 e. The Morgan fingerprint density at radius 2 is 2.00 bits per heavy atom. The SMILES string of the molecule is CCCc1nc(-c2ccc(OCC)cc2)sc1C#N. The van der Waals surface area contributed by atoms with Gasteiger partial charge in [-0.2, -0.15) is 5.26 Å². The quantitative estimate of drug-likeness (QED) is 0.825. The second-order valence-corrected chi connectivity index (χ2v) is 5.11. The molecule has 1 heterocycles. The van der Waals surface area contributed by atoms with Gasteiger partial charge in [0, 0.05) is 5.56 Å². The van der Waals surface area contributed by atoms with E-state index >= 15 is 0 Å². The van der Waals surface area contributed by atoms with Crippen LogP contribution in [0.2, 0.25) is 0 Å². The van der Waals surface area contributed by atoms with Crippen LogP contribution in [-0.4, -0.2) is 11.6 Å². The number of nitrogens with zero attached hydrogens (tertiary/aromatic N) is 2. The molecule has 3 nitrogen and oxygen atoms in total. The van der Waals surface area contributed by atoms with Crippen LogP contribution in [0.3, 0.4) is 0 Å². The molecule has 0 spiro atoms. The highest BCUT2D eigenvalue weighted by atomic mass is 32.1. The Kier molecular flexibility index (Phi) is 4.53. The van der Waals surface area contributed by atoms with E-state index in [9.17, 15) is 0 Å². The Morgan fingerprint density at radius 3 is 2.58 bits per heavy atom. The van der Waals surface area contributed by atoms with Crippen LogP contribution < -0.4 is 4.74 Å². The molecule has 0 amide bonds. The van der Waals surface area contributed by atoms with E-state index in [0.29, 0.717) is 6.61 Å². The van der Waals surface area contributed by atoms with E-state index in [2.05, 4.69) is 18.0 Å².